The molecule has 0 aliphatic carbocycles. The van der Waals surface area contributed by atoms with Crippen LogP contribution in [0, 0.1) is 5.92 Å². The summed E-state index contributed by atoms with van der Waals surface area (Å²) in [5.41, 5.74) is 3.14. The zero-order chi connectivity index (χ0) is 14.9. The van der Waals surface area contributed by atoms with Crippen LogP contribution in [0.5, 0.6) is 0 Å². The average molecular weight is 296 g/mol. The molecule has 0 N–H and O–H groups in total. The summed E-state index contributed by atoms with van der Waals surface area (Å²) in [5.74, 6) is 0.350. The number of nitrogens with zero attached hydrogens (tertiary/aromatic N) is 4. The molecular formula is C16H16N4O2. The van der Waals surface area contributed by atoms with E-state index in [1.807, 2.05) is 12.1 Å². The average Bonchev–Trinajstić information content (AvgIpc) is 2.97. The Kier molecular flexibility index (Phi) is 3.31. The molecule has 1 saturated heterocycles. The molecule has 0 bridgehead atoms. The molecule has 0 spiro atoms. The fourth-order valence-corrected chi connectivity index (χ4v) is 3.03. The van der Waals surface area contributed by atoms with Crippen LogP contribution >= 0.6 is 0 Å². The van der Waals surface area contributed by atoms with Crippen molar-refractivity contribution in [3.63, 3.8) is 0 Å². The third kappa shape index (κ3) is 2.25. The highest BCUT2D eigenvalue weighted by atomic mass is 16.5. The molecule has 2 aromatic heterocycles. The van der Waals surface area contributed by atoms with Crippen LogP contribution in [-0.4, -0.2) is 34.8 Å². The van der Waals surface area contributed by atoms with E-state index in [0.29, 0.717) is 23.5 Å². The van der Waals surface area contributed by atoms with Gasteiger partial charge in [-0.25, -0.2) is 0 Å². The van der Waals surface area contributed by atoms with E-state index in [4.69, 9.17) is 4.74 Å². The number of fused-ring (bicyclic) bond motifs is 1. The maximum Gasteiger partial charge on any atom is 0.253 e. The topological polar surface area (TPSA) is 67.7 Å². The largest absolute Gasteiger partial charge is 0.381 e. The Hall–Kier alpha value is -2.34. The summed E-state index contributed by atoms with van der Waals surface area (Å²) in [6.45, 7) is 1.50. The molecule has 6 nitrogen and oxygen atoms in total. The zero-order valence-electron chi connectivity index (χ0n) is 12.1. The van der Waals surface area contributed by atoms with Gasteiger partial charge in [0.2, 0.25) is 0 Å². The summed E-state index contributed by atoms with van der Waals surface area (Å²) in [5, 5.41) is 6.08. The van der Waals surface area contributed by atoms with Gasteiger partial charge in [-0.2, -0.15) is 10.1 Å². The lowest BCUT2D eigenvalue weighted by molar-refractivity contribution is -0.116. The van der Waals surface area contributed by atoms with E-state index in [9.17, 15) is 4.79 Å². The van der Waals surface area contributed by atoms with Gasteiger partial charge in [-0.3, -0.25) is 14.8 Å². The summed E-state index contributed by atoms with van der Waals surface area (Å²) in [4.78, 5) is 21.0. The van der Waals surface area contributed by atoms with Crippen LogP contribution in [0.1, 0.15) is 19.3 Å². The lowest BCUT2D eigenvalue weighted by Gasteiger charge is -2.21. The van der Waals surface area contributed by atoms with Gasteiger partial charge in [-0.05, 0) is 31.0 Å². The number of carbonyl (C=O) groups excluding carboxylic acids is 1. The molecule has 2 aliphatic heterocycles. The van der Waals surface area contributed by atoms with Crippen LogP contribution in [0.2, 0.25) is 0 Å². The van der Waals surface area contributed by atoms with Crippen molar-refractivity contribution in [1.29, 1.82) is 0 Å². The summed E-state index contributed by atoms with van der Waals surface area (Å²) in [6.07, 6.45) is 5.66. The maximum atomic E-state index is 12.4. The molecular weight excluding hydrogens is 280 g/mol. The molecule has 22 heavy (non-hydrogen) atoms. The highest BCUT2D eigenvalue weighted by Gasteiger charge is 2.31. The molecule has 1 amide bonds. The number of hydrogen-bond donors (Lipinski definition) is 0. The SMILES string of the molecule is O=C1CC(C2CCOCC2)=NN1c1ccnc2cccnc12. The van der Waals surface area contributed by atoms with Crippen molar-refractivity contribution in [2.24, 2.45) is 11.0 Å². The van der Waals surface area contributed by atoms with Crippen LogP contribution in [0.4, 0.5) is 5.69 Å². The van der Waals surface area contributed by atoms with Crippen LogP contribution in [0.25, 0.3) is 11.0 Å². The molecule has 2 aliphatic rings. The van der Waals surface area contributed by atoms with Gasteiger partial charge in [-0.1, -0.05) is 0 Å². The van der Waals surface area contributed by atoms with Gasteiger partial charge in [0.1, 0.15) is 5.52 Å². The Morgan fingerprint density at radius 1 is 1.14 bits per heavy atom. The molecule has 6 heteroatoms. The van der Waals surface area contributed by atoms with Crippen molar-refractivity contribution < 1.29 is 9.53 Å². The fourth-order valence-electron chi connectivity index (χ4n) is 3.03. The summed E-state index contributed by atoms with van der Waals surface area (Å²) in [6, 6.07) is 5.51. The Labute approximate surface area is 127 Å². The van der Waals surface area contributed by atoms with Crippen LogP contribution in [-0.2, 0) is 9.53 Å². The van der Waals surface area contributed by atoms with Crippen molar-refractivity contribution in [3.8, 4) is 0 Å². The number of carbonyl (C=O) groups is 1. The first-order chi connectivity index (χ1) is 10.8. The van der Waals surface area contributed by atoms with E-state index in [2.05, 4.69) is 15.1 Å². The van der Waals surface area contributed by atoms with Crippen molar-refractivity contribution in [2.75, 3.05) is 18.2 Å². The van der Waals surface area contributed by atoms with E-state index in [0.717, 1.165) is 37.3 Å². The number of anilines is 1. The van der Waals surface area contributed by atoms with Crippen LogP contribution in [0.3, 0.4) is 0 Å². The van der Waals surface area contributed by atoms with E-state index >= 15 is 0 Å². The highest BCUT2D eigenvalue weighted by molar-refractivity contribution is 6.15. The van der Waals surface area contributed by atoms with Gasteiger partial charge in [0.25, 0.3) is 5.91 Å². The fraction of sp³-hybridized carbons (Fsp3) is 0.375. The molecule has 4 rings (SSSR count). The number of pyridine rings is 2. The van der Waals surface area contributed by atoms with Crippen LogP contribution < -0.4 is 5.01 Å². The Bertz CT molecular complexity index is 747. The number of rotatable bonds is 2. The van der Waals surface area contributed by atoms with Crippen molar-refractivity contribution in [1.82, 2.24) is 9.97 Å². The maximum absolute atomic E-state index is 12.4. The third-order valence-electron chi connectivity index (χ3n) is 4.19. The van der Waals surface area contributed by atoms with Gasteiger partial charge >= 0.3 is 0 Å². The first kappa shape index (κ1) is 13.3. The number of aromatic nitrogens is 2. The molecule has 0 saturated carbocycles. The minimum Gasteiger partial charge on any atom is -0.381 e. The number of hydrazone groups is 1. The number of hydrogen-bond acceptors (Lipinski definition) is 5. The van der Waals surface area contributed by atoms with Gasteiger partial charge in [0, 0.05) is 31.5 Å². The molecule has 0 unspecified atom stereocenters. The minimum absolute atomic E-state index is 0.000329. The lowest BCUT2D eigenvalue weighted by atomic mass is 9.93. The van der Waals surface area contributed by atoms with E-state index < -0.39 is 0 Å². The minimum atomic E-state index is -0.000329. The summed E-state index contributed by atoms with van der Waals surface area (Å²) >= 11 is 0. The van der Waals surface area contributed by atoms with Gasteiger partial charge < -0.3 is 4.74 Å². The van der Waals surface area contributed by atoms with Crippen molar-refractivity contribution in [2.45, 2.75) is 19.3 Å². The van der Waals surface area contributed by atoms with Gasteiger partial charge in [0.15, 0.2) is 0 Å². The van der Waals surface area contributed by atoms with Gasteiger partial charge in [-0.15, -0.1) is 0 Å². The van der Waals surface area contributed by atoms with Gasteiger partial charge in [0.05, 0.1) is 23.3 Å². The normalized spacial score (nSPS) is 19.7. The van der Waals surface area contributed by atoms with E-state index in [1.165, 1.54) is 5.01 Å². The molecule has 1 fully saturated rings. The second-order valence-corrected chi connectivity index (χ2v) is 5.56. The number of amides is 1. The lowest BCUT2D eigenvalue weighted by Crippen LogP contribution is -2.23. The first-order valence-electron chi connectivity index (χ1n) is 7.51. The monoisotopic (exact) mass is 296 g/mol. The molecule has 112 valence electrons. The molecule has 4 heterocycles. The smallest absolute Gasteiger partial charge is 0.253 e. The Morgan fingerprint density at radius 2 is 2.00 bits per heavy atom. The third-order valence-corrected chi connectivity index (χ3v) is 4.19. The number of ether oxygens (including phenoxy) is 1. The quantitative estimate of drug-likeness (QED) is 0.851. The van der Waals surface area contributed by atoms with E-state index in [1.54, 1.807) is 18.5 Å². The second kappa shape index (κ2) is 5.46. The highest BCUT2D eigenvalue weighted by Crippen LogP contribution is 2.30. The molecule has 0 aromatic carbocycles. The Morgan fingerprint density at radius 3 is 2.86 bits per heavy atom. The zero-order valence-corrected chi connectivity index (χ0v) is 12.1. The van der Waals surface area contributed by atoms with Crippen molar-refractivity contribution >= 4 is 28.3 Å². The van der Waals surface area contributed by atoms with Crippen molar-refractivity contribution in [3.05, 3.63) is 30.6 Å². The van der Waals surface area contributed by atoms with E-state index in [-0.39, 0.29) is 5.91 Å². The standard InChI is InChI=1S/C16H16N4O2/c21-15-10-13(11-4-8-22-9-5-11)19-20(15)14-3-7-17-12-2-1-6-18-16(12)14/h1-3,6-7,11H,4-5,8-10H2. The molecule has 0 atom stereocenters. The predicted octanol–water partition coefficient (Wildman–Crippen LogP) is 2.15. The predicted molar refractivity (Wildman–Crippen MR) is 82.6 cm³/mol. The molecule has 2 aromatic rings. The van der Waals surface area contributed by atoms with Crippen LogP contribution in [0.15, 0.2) is 35.7 Å². The summed E-state index contributed by atoms with van der Waals surface area (Å²) < 4.78 is 5.38. The second-order valence-electron chi connectivity index (χ2n) is 5.56. The Balaban J connectivity index is 1.71. The first-order valence-corrected chi connectivity index (χ1v) is 7.51. The molecule has 0 radical (unpaired) electrons. The summed E-state index contributed by atoms with van der Waals surface area (Å²) in [7, 11) is 0.